The Hall–Kier alpha value is -2.05. The van der Waals surface area contributed by atoms with Gasteiger partial charge in [0.25, 0.3) is 0 Å². The number of benzene rings is 3. The molecule has 1 aromatic heterocycles. The molecule has 1 radical (unpaired) electrons. The zero-order valence-electron chi connectivity index (χ0n) is 25.8. The van der Waals surface area contributed by atoms with Crippen molar-refractivity contribution in [2.24, 2.45) is 0 Å². The van der Waals surface area contributed by atoms with Gasteiger partial charge in [-0.2, -0.15) is 30.3 Å². The molecule has 225 valence electrons. The Morgan fingerprint density at radius 1 is 0.833 bits per heavy atom. The van der Waals surface area contributed by atoms with E-state index in [1.165, 1.54) is 86.1 Å². The molecule has 0 atom stereocenters. The smallest absolute Gasteiger partial charge is 0.0978 e. The Labute approximate surface area is 267 Å². The first-order valence-corrected chi connectivity index (χ1v) is 17.7. The van der Waals surface area contributed by atoms with Gasteiger partial charge in [0.2, 0.25) is 0 Å². The monoisotopic (exact) mass is 756 g/mol. The van der Waals surface area contributed by atoms with Crippen LogP contribution in [0.4, 0.5) is 0 Å². The Morgan fingerprint density at radius 2 is 1.50 bits per heavy atom. The summed E-state index contributed by atoms with van der Waals surface area (Å²) in [6.07, 6.45) is 14.3. The maximum atomic E-state index is 14.1. The molecule has 4 aromatic rings. The van der Waals surface area contributed by atoms with Crippen molar-refractivity contribution in [2.75, 3.05) is 0 Å². The summed E-state index contributed by atoms with van der Waals surface area (Å²) in [6, 6.07) is 27.9. The van der Waals surface area contributed by atoms with Crippen molar-refractivity contribution in [1.29, 1.82) is 0 Å². The summed E-state index contributed by atoms with van der Waals surface area (Å²) >= 11 is 0. The van der Waals surface area contributed by atoms with Crippen LogP contribution in [-0.4, -0.2) is 16.3 Å². The molecule has 2 fully saturated rings. The summed E-state index contributed by atoms with van der Waals surface area (Å²) in [5.74, 6) is 0.519. The maximum Gasteiger partial charge on any atom is 0.0978 e. The molecule has 2 saturated carbocycles. The van der Waals surface area contributed by atoms with E-state index in [4.69, 9.17) is 0 Å². The Kier molecular flexibility index (Phi) is 11.8. The summed E-state index contributed by atoms with van der Waals surface area (Å²) in [4.78, 5) is 4.63. The largest absolute Gasteiger partial charge is 0.320 e. The number of pyridine rings is 1. The van der Waals surface area contributed by atoms with Crippen LogP contribution in [-0.2, 0) is 24.7 Å². The molecular weight excluding hydrogens is 710 g/mol. The van der Waals surface area contributed by atoms with Crippen molar-refractivity contribution in [1.82, 2.24) is 4.98 Å². The van der Waals surface area contributed by atoms with Crippen molar-refractivity contribution < 1.29 is 24.7 Å². The molecule has 2 aliphatic carbocycles. The van der Waals surface area contributed by atoms with Crippen LogP contribution in [0.3, 0.4) is 0 Å². The third kappa shape index (κ3) is 7.53. The van der Waals surface area contributed by atoms with Gasteiger partial charge in [-0.25, -0.2) is 0 Å². The molecule has 0 unspecified atom stereocenters. The second kappa shape index (κ2) is 15.1. The van der Waals surface area contributed by atoms with Crippen LogP contribution < -0.4 is 5.30 Å². The predicted octanol–water partition coefficient (Wildman–Crippen LogP) is 10.6. The van der Waals surface area contributed by atoms with Gasteiger partial charge in [-0.1, -0.05) is 84.4 Å². The van der Waals surface area contributed by atoms with Crippen LogP contribution in [0, 0.1) is 26.0 Å². The van der Waals surface area contributed by atoms with Gasteiger partial charge in [-0.15, -0.1) is 40.2 Å². The first kappa shape index (κ1) is 32.9. The van der Waals surface area contributed by atoms with E-state index in [1.54, 1.807) is 0 Å². The van der Waals surface area contributed by atoms with E-state index in [2.05, 4.69) is 87.3 Å². The summed E-state index contributed by atoms with van der Waals surface area (Å²) in [5.41, 5.74) is 6.75. The van der Waals surface area contributed by atoms with Crippen LogP contribution in [0.1, 0.15) is 101 Å². The van der Waals surface area contributed by atoms with Crippen LogP contribution in [0.5, 0.6) is 0 Å². The fourth-order valence-corrected chi connectivity index (χ4v) is 11.2. The van der Waals surface area contributed by atoms with E-state index >= 15 is 0 Å². The van der Waals surface area contributed by atoms with Crippen molar-refractivity contribution in [3.05, 3.63) is 95.7 Å². The molecule has 2 aliphatic rings. The fraction of sp³-hybridized carbons (Fsp3) is 0.447. The second-order valence-electron chi connectivity index (χ2n) is 12.6. The normalized spacial score (nSPS) is 16.5. The van der Waals surface area contributed by atoms with Gasteiger partial charge in [0, 0.05) is 37.6 Å². The molecule has 6 rings (SSSR count). The summed E-state index contributed by atoms with van der Waals surface area (Å²) in [7, 11) is -2.28. The summed E-state index contributed by atoms with van der Waals surface area (Å²) in [5, 5.41) is 3.50. The summed E-state index contributed by atoms with van der Waals surface area (Å²) < 4.78 is 14.1. The second-order valence-corrected chi connectivity index (χ2v) is 16.0. The number of fused-ring (bicyclic) bond motifs is 1. The third-order valence-electron chi connectivity index (χ3n) is 9.16. The van der Waals surface area contributed by atoms with Crippen molar-refractivity contribution in [2.45, 2.75) is 109 Å². The van der Waals surface area contributed by atoms with E-state index < -0.39 is 7.14 Å². The van der Waals surface area contributed by atoms with Crippen molar-refractivity contribution >= 4 is 23.2 Å². The first-order chi connectivity index (χ1) is 19.9. The Bertz CT molecular complexity index is 1440. The van der Waals surface area contributed by atoms with Gasteiger partial charge in [0.15, 0.2) is 0 Å². The minimum Gasteiger partial charge on any atom is -0.320 e. The molecule has 0 N–H and O–H groups in total. The average Bonchev–Trinajstić information content (AvgIpc) is 3.01. The topological polar surface area (TPSA) is 30.0 Å². The van der Waals surface area contributed by atoms with Gasteiger partial charge >= 0.3 is 0 Å². The maximum absolute atomic E-state index is 14.1. The minimum atomic E-state index is -2.28. The van der Waals surface area contributed by atoms with Crippen molar-refractivity contribution in [3.8, 4) is 11.3 Å². The molecular formula is C38H46IrNOP-2. The van der Waals surface area contributed by atoms with E-state index in [1.807, 2.05) is 24.4 Å². The average molecular weight is 756 g/mol. The number of nitrogens with zero attached hydrogens (tertiary/aromatic N) is 1. The third-order valence-corrected chi connectivity index (χ3v) is 13.4. The summed E-state index contributed by atoms with van der Waals surface area (Å²) in [6.45, 7) is 8.65. The molecule has 0 aliphatic heterocycles. The fourth-order valence-electron chi connectivity index (χ4n) is 7.00. The zero-order valence-corrected chi connectivity index (χ0v) is 29.1. The van der Waals surface area contributed by atoms with Gasteiger partial charge in [-0.05, 0) is 59.7 Å². The van der Waals surface area contributed by atoms with Gasteiger partial charge in [0.05, 0.1) is 7.14 Å². The molecule has 1 heterocycles. The number of aryl methyl sites for hydroxylation is 2. The SMILES string of the molecule is Cc1[c-]c(-c2nccc3ccc(C(C)C)cc23)cc(C)c1.O=P(c1[c-]cccc1)(C1CCCCC1)C1CCCCC1.[Ir]. The van der Waals surface area contributed by atoms with Gasteiger partial charge in [0.1, 0.15) is 0 Å². The molecule has 2 nitrogen and oxygen atoms in total. The van der Waals surface area contributed by atoms with Crippen molar-refractivity contribution in [3.63, 3.8) is 0 Å². The Balaban J connectivity index is 0.000000189. The van der Waals surface area contributed by atoms with E-state index in [0.717, 1.165) is 22.1 Å². The van der Waals surface area contributed by atoms with Crippen LogP contribution >= 0.6 is 7.14 Å². The molecule has 3 aromatic carbocycles. The van der Waals surface area contributed by atoms with E-state index in [9.17, 15) is 4.57 Å². The van der Waals surface area contributed by atoms with Crippen LogP contribution in [0.2, 0.25) is 0 Å². The van der Waals surface area contributed by atoms with E-state index in [0.29, 0.717) is 17.2 Å². The number of rotatable bonds is 5. The quantitative estimate of drug-likeness (QED) is 0.150. The predicted molar refractivity (Wildman–Crippen MR) is 176 cm³/mol. The molecule has 0 spiro atoms. The molecule has 0 saturated heterocycles. The van der Waals surface area contributed by atoms with Gasteiger partial charge < -0.3 is 9.55 Å². The van der Waals surface area contributed by atoms with Crippen LogP contribution in [0.15, 0.2) is 66.9 Å². The van der Waals surface area contributed by atoms with Crippen LogP contribution in [0.25, 0.3) is 22.0 Å². The molecule has 4 heteroatoms. The van der Waals surface area contributed by atoms with Gasteiger partial charge in [-0.3, -0.25) is 0 Å². The molecule has 0 bridgehead atoms. The zero-order chi connectivity index (χ0) is 28.8. The van der Waals surface area contributed by atoms with E-state index in [-0.39, 0.29) is 20.1 Å². The number of aromatic nitrogens is 1. The minimum absolute atomic E-state index is 0. The molecule has 42 heavy (non-hydrogen) atoms. The molecule has 0 amide bonds. The Morgan fingerprint density at radius 3 is 2.07 bits per heavy atom. The number of hydrogen-bond donors (Lipinski definition) is 0. The first-order valence-electron chi connectivity index (χ1n) is 15.8. The standard InChI is InChI=1S/C20H20N.C18H26OP.Ir/c1-13(2)17-6-5-16-7-8-21-20(19(16)12-17)18-10-14(3)9-15(4)11-18;19-20(16-10-4-1-5-11-16,17-12-6-2-7-13-17)18-14-8-3-9-15-18;/h5-10,12-13H,1-4H3;1,4-5,10,17-18H,2-3,6-9,12-15H2;/q2*-1;. The number of hydrogen-bond acceptors (Lipinski definition) is 2.